The van der Waals surface area contributed by atoms with E-state index in [0.717, 1.165) is 29.9 Å². The van der Waals surface area contributed by atoms with Crippen molar-refractivity contribution in [3.8, 4) is 0 Å². The lowest BCUT2D eigenvalue weighted by molar-refractivity contribution is 0.224. The van der Waals surface area contributed by atoms with E-state index in [-0.39, 0.29) is 6.04 Å². The molecule has 1 aromatic rings. The first kappa shape index (κ1) is 23.7. The van der Waals surface area contributed by atoms with E-state index < -0.39 is 10.0 Å². The van der Waals surface area contributed by atoms with Crippen molar-refractivity contribution in [1.29, 1.82) is 0 Å². The summed E-state index contributed by atoms with van der Waals surface area (Å²) in [5.74, 6) is 0.650. The summed E-state index contributed by atoms with van der Waals surface area (Å²) in [6.07, 6.45) is 1.14. The second-order valence-corrected chi connectivity index (χ2v) is 8.31. The maximum Gasteiger partial charge on any atom is 0.208 e. The molecule has 7 nitrogen and oxygen atoms in total. The number of hydrogen-bond acceptors (Lipinski definition) is 4. The van der Waals surface area contributed by atoms with Crippen molar-refractivity contribution in [3.05, 3.63) is 34.9 Å². The minimum atomic E-state index is -3.19. The van der Waals surface area contributed by atoms with Crippen molar-refractivity contribution < 1.29 is 8.42 Å². The number of aliphatic imine (C=N–C) groups is 1. The molecule has 9 heteroatoms. The van der Waals surface area contributed by atoms with E-state index >= 15 is 0 Å². The quantitative estimate of drug-likeness (QED) is 0.290. The van der Waals surface area contributed by atoms with Gasteiger partial charge in [-0.25, -0.2) is 13.1 Å². The molecule has 0 saturated heterocycles. The van der Waals surface area contributed by atoms with Crippen molar-refractivity contribution >= 4 is 27.6 Å². The molecule has 0 heterocycles. The minimum absolute atomic E-state index is 0.0679. The van der Waals surface area contributed by atoms with Crippen LogP contribution in [0.2, 0.25) is 5.02 Å². The fourth-order valence-corrected chi connectivity index (χ4v) is 3.49. The lowest BCUT2D eigenvalue weighted by Crippen LogP contribution is -2.42. The molecule has 0 aliphatic heterocycles. The molecule has 0 amide bonds. The summed E-state index contributed by atoms with van der Waals surface area (Å²) < 4.78 is 24.7. The van der Waals surface area contributed by atoms with Crippen LogP contribution in [0.3, 0.4) is 0 Å². The van der Waals surface area contributed by atoms with Crippen LogP contribution in [0.25, 0.3) is 0 Å². The van der Waals surface area contributed by atoms with Gasteiger partial charge in [-0.3, -0.25) is 9.89 Å². The Morgan fingerprint density at radius 2 is 1.81 bits per heavy atom. The largest absolute Gasteiger partial charge is 0.357 e. The maximum absolute atomic E-state index is 11.1. The third-order valence-corrected chi connectivity index (χ3v) is 5.14. The molecular weight excluding hydrogens is 386 g/mol. The van der Waals surface area contributed by atoms with Gasteiger partial charge < -0.3 is 10.6 Å². The molecule has 3 N–H and O–H groups in total. The van der Waals surface area contributed by atoms with Gasteiger partial charge in [0.2, 0.25) is 10.0 Å². The number of nitrogens with one attached hydrogen (secondary N) is 3. The highest BCUT2D eigenvalue weighted by Crippen LogP contribution is 2.27. The molecule has 0 aromatic heterocycles. The molecule has 27 heavy (non-hydrogen) atoms. The number of halogens is 1. The van der Waals surface area contributed by atoms with Gasteiger partial charge in [-0.05, 0) is 31.6 Å². The molecule has 0 bridgehead atoms. The summed E-state index contributed by atoms with van der Waals surface area (Å²) in [5, 5.41) is 7.07. The zero-order valence-corrected chi connectivity index (χ0v) is 18.2. The number of nitrogens with zero attached hydrogens (tertiary/aromatic N) is 2. The van der Waals surface area contributed by atoms with Gasteiger partial charge in [0.05, 0.1) is 18.8 Å². The highest BCUT2D eigenvalue weighted by atomic mass is 35.5. The third kappa shape index (κ3) is 8.92. The van der Waals surface area contributed by atoms with Gasteiger partial charge in [-0.15, -0.1) is 0 Å². The van der Waals surface area contributed by atoms with Crippen LogP contribution in [0.15, 0.2) is 29.3 Å². The number of rotatable bonds is 11. The van der Waals surface area contributed by atoms with E-state index in [1.54, 1.807) is 0 Å². The van der Waals surface area contributed by atoms with Crippen LogP contribution in [0.1, 0.15) is 32.4 Å². The average Bonchev–Trinajstić information content (AvgIpc) is 2.62. The number of guanidine groups is 1. The first-order valence-corrected chi connectivity index (χ1v) is 11.5. The number of likely N-dealkylation sites (N-methyl/N-ethyl adjacent to an activating group) is 1. The molecule has 0 radical (unpaired) electrons. The van der Waals surface area contributed by atoms with Crippen LogP contribution in [-0.2, 0) is 10.0 Å². The van der Waals surface area contributed by atoms with Gasteiger partial charge in [-0.1, -0.05) is 43.6 Å². The zero-order chi connectivity index (χ0) is 20.3. The highest BCUT2D eigenvalue weighted by molar-refractivity contribution is 7.88. The van der Waals surface area contributed by atoms with Gasteiger partial charge in [0.15, 0.2) is 5.96 Å². The van der Waals surface area contributed by atoms with Crippen molar-refractivity contribution in [2.24, 2.45) is 4.99 Å². The van der Waals surface area contributed by atoms with Crippen LogP contribution < -0.4 is 15.4 Å². The molecule has 0 aliphatic rings. The summed E-state index contributed by atoms with van der Waals surface area (Å²) in [4.78, 5) is 7.02. The lowest BCUT2D eigenvalue weighted by Gasteiger charge is -2.29. The van der Waals surface area contributed by atoms with E-state index in [1.165, 1.54) is 0 Å². The molecule has 154 valence electrons. The van der Waals surface area contributed by atoms with Crippen molar-refractivity contribution in [1.82, 2.24) is 20.3 Å². The summed E-state index contributed by atoms with van der Waals surface area (Å²) in [6.45, 7) is 10.0. The molecule has 1 unspecified atom stereocenters. The summed E-state index contributed by atoms with van der Waals surface area (Å²) in [6, 6.07) is 7.92. The first-order chi connectivity index (χ1) is 12.8. The fourth-order valence-electron chi connectivity index (χ4n) is 2.76. The van der Waals surface area contributed by atoms with Gasteiger partial charge in [0, 0.05) is 24.7 Å². The second-order valence-electron chi connectivity index (χ2n) is 6.07. The Labute approximate surface area is 168 Å². The summed E-state index contributed by atoms with van der Waals surface area (Å²) >= 11 is 6.43. The van der Waals surface area contributed by atoms with Crippen LogP contribution in [-0.4, -0.2) is 64.8 Å². The Hall–Kier alpha value is -1.35. The smallest absolute Gasteiger partial charge is 0.208 e. The molecule has 0 spiro atoms. The predicted octanol–water partition coefficient (Wildman–Crippen LogP) is 1.83. The van der Waals surface area contributed by atoms with Crippen LogP contribution >= 0.6 is 11.6 Å². The summed E-state index contributed by atoms with van der Waals surface area (Å²) in [7, 11) is -3.19. The van der Waals surface area contributed by atoms with Gasteiger partial charge in [0.25, 0.3) is 0 Å². The average molecular weight is 418 g/mol. The molecule has 0 aliphatic carbocycles. The van der Waals surface area contributed by atoms with E-state index in [0.29, 0.717) is 32.1 Å². The molecule has 0 saturated carbocycles. The minimum Gasteiger partial charge on any atom is -0.357 e. The number of hydrogen-bond donors (Lipinski definition) is 3. The predicted molar refractivity (Wildman–Crippen MR) is 114 cm³/mol. The van der Waals surface area contributed by atoms with Crippen molar-refractivity contribution in [3.63, 3.8) is 0 Å². The van der Waals surface area contributed by atoms with Crippen LogP contribution in [0.4, 0.5) is 0 Å². The van der Waals surface area contributed by atoms with Crippen molar-refractivity contribution in [2.45, 2.75) is 26.8 Å². The van der Waals surface area contributed by atoms with Gasteiger partial charge in [0.1, 0.15) is 0 Å². The zero-order valence-electron chi connectivity index (χ0n) is 16.6. The van der Waals surface area contributed by atoms with Gasteiger partial charge in [-0.2, -0.15) is 0 Å². The summed E-state index contributed by atoms with van der Waals surface area (Å²) in [5.41, 5.74) is 1.06. The van der Waals surface area contributed by atoms with Crippen LogP contribution in [0.5, 0.6) is 0 Å². The Morgan fingerprint density at radius 1 is 1.15 bits per heavy atom. The number of sulfonamides is 1. The van der Waals surface area contributed by atoms with Crippen LogP contribution in [0, 0.1) is 0 Å². The van der Waals surface area contributed by atoms with E-state index in [2.05, 4.69) is 34.1 Å². The molecule has 1 atom stereocenters. The lowest BCUT2D eigenvalue weighted by atomic mass is 10.1. The maximum atomic E-state index is 11.1. The normalized spacial score (nSPS) is 13.6. The molecule has 1 rings (SSSR count). The Kier molecular flexibility index (Phi) is 10.7. The Bertz CT molecular complexity index is 693. The highest BCUT2D eigenvalue weighted by Gasteiger charge is 2.20. The second kappa shape index (κ2) is 12.2. The Morgan fingerprint density at radius 3 is 2.37 bits per heavy atom. The number of benzene rings is 1. The van der Waals surface area contributed by atoms with E-state index in [9.17, 15) is 8.42 Å². The molecular formula is C18H32ClN5O2S. The Balaban J connectivity index is 2.87. The monoisotopic (exact) mass is 417 g/mol. The molecule has 0 fully saturated rings. The first-order valence-electron chi connectivity index (χ1n) is 9.27. The molecule has 1 aromatic carbocycles. The van der Waals surface area contributed by atoms with E-state index in [4.69, 9.17) is 16.6 Å². The standard InChI is InChI=1S/C18H32ClN5O2S/c1-5-20-18(21-12-13-23-27(4,25)26)22-14-17(24(6-2)7-3)15-10-8-9-11-16(15)19/h8-11,17,23H,5-7,12-14H2,1-4H3,(H2,20,21,22). The van der Waals surface area contributed by atoms with Gasteiger partial charge >= 0.3 is 0 Å². The van der Waals surface area contributed by atoms with E-state index in [1.807, 2.05) is 31.2 Å². The SMILES string of the molecule is CCNC(=NCC(c1ccccc1Cl)N(CC)CC)NCCNS(C)(=O)=O. The fraction of sp³-hybridized carbons (Fsp3) is 0.611. The third-order valence-electron chi connectivity index (χ3n) is 4.07. The topological polar surface area (TPSA) is 85.8 Å². The van der Waals surface area contributed by atoms with Crippen molar-refractivity contribution in [2.75, 3.05) is 45.5 Å².